The minimum Gasteiger partial charge on any atom is -0.744 e. The molecule has 0 heterocycles. The second-order valence-corrected chi connectivity index (χ2v) is 4.68. The van der Waals surface area contributed by atoms with Gasteiger partial charge in [0.15, 0.2) is 0 Å². The predicted octanol–water partition coefficient (Wildman–Crippen LogP) is -0.609. The molecular formula is C12H9NaO3S. The van der Waals surface area contributed by atoms with Crippen LogP contribution in [0.25, 0.3) is 16.8 Å². The number of hydrogen-bond acceptors (Lipinski definition) is 3. The zero-order chi connectivity index (χ0) is 11.8. The number of rotatable bonds is 2. The molecule has 17 heavy (non-hydrogen) atoms. The van der Waals surface area contributed by atoms with Gasteiger partial charge in [-0.05, 0) is 16.3 Å². The summed E-state index contributed by atoms with van der Waals surface area (Å²) in [5, 5.41) is 1.16. The van der Waals surface area contributed by atoms with E-state index in [-0.39, 0.29) is 34.5 Å². The molecule has 0 N–H and O–H groups in total. The molecule has 0 unspecified atom stereocenters. The molecule has 0 aromatic heterocycles. The first-order valence-electron chi connectivity index (χ1n) is 4.64. The predicted molar refractivity (Wildman–Crippen MR) is 62.0 cm³/mol. The van der Waals surface area contributed by atoms with Crippen molar-refractivity contribution in [3.05, 3.63) is 48.5 Å². The minimum atomic E-state index is -4.49. The van der Waals surface area contributed by atoms with Crippen LogP contribution in [0.2, 0.25) is 0 Å². The number of benzene rings is 2. The first-order valence-corrected chi connectivity index (χ1v) is 6.05. The van der Waals surface area contributed by atoms with Crippen LogP contribution < -0.4 is 29.6 Å². The Hall–Kier alpha value is -0.650. The summed E-state index contributed by atoms with van der Waals surface area (Å²) in [7, 11) is -4.49. The number of hydrogen-bond donors (Lipinski definition) is 0. The van der Waals surface area contributed by atoms with Crippen molar-refractivity contribution in [3.8, 4) is 0 Å². The maximum absolute atomic E-state index is 11.2. The molecule has 0 saturated heterocycles. The molecule has 2 aromatic carbocycles. The van der Waals surface area contributed by atoms with Gasteiger partial charge in [0.25, 0.3) is 0 Å². The first kappa shape index (κ1) is 14.4. The molecule has 2 aromatic rings. The van der Waals surface area contributed by atoms with Gasteiger partial charge in [0.1, 0.15) is 10.1 Å². The molecule has 0 aliphatic carbocycles. The standard InChI is InChI=1S/C12H10O3S.Na/c1-2-9-7-8-10-5-3-4-6-11(10)12(9)16(13,14)15;/h2-8H,1H2,(H,13,14,15);/q;+1/p-1. The Morgan fingerprint density at radius 3 is 2.35 bits per heavy atom. The van der Waals surface area contributed by atoms with Crippen LogP contribution in [0.4, 0.5) is 0 Å². The number of fused-ring (bicyclic) bond motifs is 1. The Bertz CT molecular complexity index is 663. The van der Waals surface area contributed by atoms with Gasteiger partial charge in [0, 0.05) is 0 Å². The van der Waals surface area contributed by atoms with Gasteiger partial charge >= 0.3 is 29.6 Å². The molecule has 0 amide bonds. The van der Waals surface area contributed by atoms with E-state index in [9.17, 15) is 13.0 Å². The fraction of sp³-hybridized carbons (Fsp3) is 0. The molecule has 0 aliphatic heterocycles. The van der Waals surface area contributed by atoms with Crippen LogP contribution in [0.1, 0.15) is 5.56 Å². The van der Waals surface area contributed by atoms with E-state index in [2.05, 4.69) is 6.58 Å². The molecule has 0 aliphatic rings. The van der Waals surface area contributed by atoms with E-state index in [1.807, 2.05) is 0 Å². The molecule has 0 atom stereocenters. The van der Waals surface area contributed by atoms with Gasteiger partial charge in [-0.2, -0.15) is 0 Å². The molecule has 0 spiro atoms. The second kappa shape index (κ2) is 5.33. The Morgan fingerprint density at radius 2 is 1.76 bits per heavy atom. The van der Waals surface area contributed by atoms with E-state index in [0.29, 0.717) is 10.9 Å². The summed E-state index contributed by atoms with van der Waals surface area (Å²) in [6.07, 6.45) is 1.37. The van der Waals surface area contributed by atoms with Gasteiger partial charge in [-0.3, -0.25) is 0 Å². The van der Waals surface area contributed by atoms with Crippen molar-refractivity contribution in [1.82, 2.24) is 0 Å². The third-order valence-electron chi connectivity index (χ3n) is 2.38. The van der Waals surface area contributed by atoms with Crippen LogP contribution in [0.5, 0.6) is 0 Å². The smallest absolute Gasteiger partial charge is 0.744 e. The van der Waals surface area contributed by atoms with Crippen molar-refractivity contribution in [1.29, 1.82) is 0 Å². The summed E-state index contributed by atoms with van der Waals surface area (Å²) in [6, 6.07) is 10.2. The third kappa shape index (κ3) is 2.78. The van der Waals surface area contributed by atoms with Crippen molar-refractivity contribution in [2.75, 3.05) is 0 Å². The average Bonchev–Trinajstić information content (AvgIpc) is 2.26. The summed E-state index contributed by atoms with van der Waals surface area (Å²) in [4.78, 5) is -0.194. The van der Waals surface area contributed by atoms with Gasteiger partial charge in [-0.1, -0.05) is 49.1 Å². The first-order chi connectivity index (χ1) is 7.54. The average molecular weight is 256 g/mol. The van der Waals surface area contributed by atoms with Crippen LogP contribution >= 0.6 is 0 Å². The molecular weight excluding hydrogens is 247 g/mol. The summed E-state index contributed by atoms with van der Waals surface area (Å²) in [5.41, 5.74) is 0.341. The van der Waals surface area contributed by atoms with Crippen molar-refractivity contribution in [3.63, 3.8) is 0 Å². The van der Waals surface area contributed by atoms with Crippen LogP contribution in [-0.2, 0) is 10.1 Å². The Labute approximate surface area is 122 Å². The maximum Gasteiger partial charge on any atom is 1.00 e. The third-order valence-corrected chi connectivity index (χ3v) is 3.34. The molecule has 3 nitrogen and oxygen atoms in total. The Morgan fingerprint density at radius 1 is 1.12 bits per heavy atom. The monoisotopic (exact) mass is 256 g/mol. The molecule has 0 radical (unpaired) electrons. The Balaban J connectivity index is 0.00000144. The van der Waals surface area contributed by atoms with Crippen molar-refractivity contribution in [2.45, 2.75) is 4.90 Å². The van der Waals surface area contributed by atoms with E-state index in [4.69, 9.17) is 0 Å². The largest absolute Gasteiger partial charge is 1.00 e. The van der Waals surface area contributed by atoms with Gasteiger partial charge in [-0.25, -0.2) is 8.42 Å². The fourth-order valence-electron chi connectivity index (χ4n) is 1.70. The van der Waals surface area contributed by atoms with E-state index in [1.54, 1.807) is 36.4 Å². The zero-order valence-electron chi connectivity index (χ0n) is 9.38. The molecule has 0 saturated carbocycles. The van der Waals surface area contributed by atoms with E-state index in [1.165, 1.54) is 6.08 Å². The summed E-state index contributed by atoms with van der Waals surface area (Å²) >= 11 is 0. The second-order valence-electron chi connectivity index (χ2n) is 3.36. The topological polar surface area (TPSA) is 57.2 Å². The van der Waals surface area contributed by atoms with Crippen molar-refractivity contribution in [2.24, 2.45) is 0 Å². The molecule has 0 bridgehead atoms. The maximum atomic E-state index is 11.2. The molecule has 82 valence electrons. The normalized spacial score (nSPS) is 10.9. The van der Waals surface area contributed by atoms with Crippen LogP contribution in [0.15, 0.2) is 47.9 Å². The van der Waals surface area contributed by atoms with E-state index < -0.39 is 10.1 Å². The fourth-order valence-corrected chi connectivity index (χ4v) is 2.59. The zero-order valence-corrected chi connectivity index (χ0v) is 12.2. The molecule has 2 rings (SSSR count). The van der Waals surface area contributed by atoms with Gasteiger partial charge in [-0.15, -0.1) is 0 Å². The molecule has 0 fully saturated rings. The summed E-state index contributed by atoms with van der Waals surface area (Å²) < 4.78 is 33.7. The van der Waals surface area contributed by atoms with E-state index >= 15 is 0 Å². The van der Waals surface area contributed by atoms with Crippen LogP contribution in [0.3, 0.4) is 0 Å². The molecule has 5 heteroatoms. The van der Waals surface area contributed by atoms with Gasteiger partial charge in [0.2, 0.25) is 0 Å². The van der Waals surface area contributed by atoms with Gasteiger partial charge in [0.05, 0.1) is 4.90 Å². The summed E-state index contributed by atoms with van der Waals surface area (Å²) in [6.45, 7) is 3.51. The van der Waals surface area contributed by atoms with Crippen molar-refractivity contribution >= 4 is 27.0 Å². The van der Waals surface area contributed by atoms with Crippen LogP contribution in [0, 0.1) is 0 Å². The van der Waals surface area contributed by atoms with Gasteiger partial charge < -0.3 is 4.55 Å². The summed E-state index contributed by atoms with van der Waals surface area (Å²) in [5.74, 6) is 0. The van der Waals surface area contributed by atoms with E-state index in [0.717, 1.165) is 5.39 Å². The SMILES string of the molecule is C=Cc1ccc2ccccc2c1S(=O)(=O)[O-].[Na+]. The van der Waals surface area contributed by atoms with Crippen molar-refractivity contribution < 1.29 is 42.5 Å². The quantitative estimate of drug-likeness (QED) is 0.532. The van der Waals surface area contributed by atoms with Crippen LogP contribution in [-0.4, -0.2) is 13.0 Å². The Kier molecular flexibility index (Phi) is 4.52. The minimum absolute atomic E-state index is 0.